The van der Waals surface area contributed by atoms with Gasteiger partial charge in [0.15, 0.2) is 5.82 Å². The van der Waals surface area contributed by atoms with Gasteiger partial charge in [-0.3, -0.25) is 4.79 Å². The van der Waals surface area contributed by atoms with Gasteiger partial charge in [0.25, 0.3) is 0 Å². The number of piperidine rings is 1. The van der Waals surface area contributed by atoms with Crippen LogP contribution in [0.25, 0.3) is 10.9 Å². The average Bonchev–Trinajstić information content (AvgIpc) is 3.66. The standard InChI is InChI=1S/C25H31F2N3O3.C2HF3O2/c1-3-14(2)13-33-25(32)18-11-30(16-6-7-16)22-17(24(18)31)9-19(26)23(21(22)27)29-10-15-5-4-8-28-20(15)12-29;3-2(4,5)1(6)7/h9,11,14-16,20,28H,3-8,10,12-13H2,1-2H3;(H,6,7)/t14-,15?,20?;/m0./s1. The molecule has 40 heavy (non-hydrogen) atoms. The van der Waals surface area contributed by atoms with E-state index in [4.69, 9.17) is 14.6 Å². The highest BCUT2D eigenvalue weighted by Gasteiger charge is 2.39. The minimum atomic E-state index is -5.08. The SMILES string of the molecule is CC[C@H](C)COC(=O)c1cn(C2CC2)c2c(F)c(N3CC4CCCNC4C3)c(F)cc2c1=O.O=C(O)C(F)(F)F. The number of carbonyl (C=O) groups is 2. The molecule has 0 spiro atoms. The van der Waals surface area contributed by atoms with Crippen molar-refractivity contribution in [3.05, 3.63) is 39.7 Å². The number of carboxylic acid groups (broad SMARTS) is 1. The molecule has 3 aliphatic rings. The summed E-state index contributed by atoms with van der Waals surface area (Å²) >= 11 is 0. The van der Waals surface area contributed by atoms with Gasteiger partial charge in [-0.25, -0.2) is 18.4 Å². The number of rotatable bonds is 6. The van der Waals surface area contributed by atoms with E-state index in [0.717, 1.165) is 44.7 Å². The quantitative estimate of drug-likeness (QED) is 0.384. The molecule has 5 rings (SSSR count). The zero-order valence-corrected chi connectivity index (χ0v) is 22.2. The first kappa shape index (κ1) is 29.8. The highest BCUT2D eigenvalue weighted by Crippen LogP contribution is 2.40. The van der Waals surface area contributed by atoms with Gasteiger partial charge >= 0.3 is 18.1 Å². The number of hydrogen-bond donors (Lipinski definition) is 2. The first-order valence-corrected chi connectivity index (χ1v) is 13.4. The molecule has 1 saturated carbocycles. The van der Waals surface area contributed by atoms with Gasteiger partial charge in [0.2, 0.25) is 5.43 Å². The van der Waals surface area contributed by atoms with Crippen LogP contribution in [0.4, 0.5) is 27.6 Å². The van der Waals surface area contributed by atoms with Crippen molar-refractivity contribution in [2.75, 3.05) is 31.1 Å². The Balaban J connectivity index is 0.000000470. The number of fused-ring (bicyclic) bond motifs is 2. The van der Waals surface area contributed by atoms with Gasteiger partial charge in [-0.2, -0.15) is 13.2 Å². The molecule has 13 heteroatoms. The summed E-state index contributed by atoms with van der Waals surface area (Å²) in [5.41, 5.74) is -0.836. The molecule has 2 N–H and O–H groups in total. The number of ether oxygens (including phenoxy) is 1. The van der Waals surface area contributed by atoms with Gasteiger partial charge in [0.05, 0.1) is 17.5 Å². The smallest absolute Gasteiger partial charge is 0.475 e. The first-order valence-electron chi connectivity index (χ1n) is 13.4. The van der Waals surface area contributed by atoms with Crippen molar-refractivity contribution in [3.63, 3.8) is 0 Å². The summed E-state index contributed by atoms with van der Waals surface area (Å²) in [5.74, 6) is -4.45. The molecular formula is C27H32F5N3O5. The number of nitrogens with one attached hydrogen (secondary N) is 1. The Morgan fingerprint density at radius 1 is 1.20 bits per heavy atom. The topological polar surface area (TPSA) is 101 Å². The van der Waals surface area contributed by atoms with Crippen molar-refractivity contribution in [1.82, 2.24) is 9.88 Å². The van der Waals surface area contributed by atoms with Crippen LogP contribution in [0.15, 0.2) is 17.1 Å². The molecule has 1 aromatic carbocycles. The van der Waals surface area contributed by atoms with Gasteiger partial charge in [-0.15, -0.1) is 0 Å². The summed E-state index contributed by atoms with van der Waals surface area (Å²) in [6, 6.07) is 1.32. The molecule has 220 valence electrons. The van der Waals surface area contributed by atoms with E-state index in [9.17, 15) is 22.8 Å². The summed E-state index contributed by atoms with van der Waals surface area (Å²) < 4.78 is 70.0. The molecule has 8 nitrogen and oxygen atoms in total. The fourth-order valence-corrected chi connectivity index (χ4v) is 5.15. The zero-order chi connectivity index (χ0) is 29.4. The van der Waals surface area contributed by atoms with Crippen LogP contribution >= 0.6 is 0 Å². The first-order chi connectivity index (χ1) is 18.8. The largest absolute Gasteiger partial charge is 0.490 e. The predicted molar refractivity (Wildman–Crippen MR) is 137 cm³/mol. The summed E-state index contributed by atoms with van der Waals surface area (Å²) in [7, 11) is 0. The van der Waals surface area contributed by atoms with E-state index >= 15 is 8.78 Å². The van der Waals surface area contributed by atoms with Crippen LogP contribution in [-0.2, 0) is 9.53 Å². The molecule has 3 atom stereocenters. The number of pyridine rings is 1. The highest BCUT2D eigenvalue weighted by molar-refractivity contribution is 5.95. The van der Waals surface area contributed by atoms with Gasteiger partial charge in [0.1, 0.15) is 17.1 Å². The number of alkyl halides is 3. The summed E-state index contributed by atoms with van der Waals surface area (Å²) in [6.45, 7) is 6.19. The molecule has 0 bridgehead atoms. The Morgan fingerprint density at radius 3 is 2.45 bits per heavy atom. The molecule has 2 saturated heterocycles. The number of hydrogen-bond acceptors (Lipinski definition) is 6. The average molecular weight is 574 g/mol. The van der Waals surface area contributed by atoms with E-state index < -0.39 is 35.2 Å². The normalized spacial score (nSPS) is 21.4. The zero-order valence-electron chi connectivity index (χ0n) is 22.2. The molecule has 1 aliphatic carbocycles. The van der Waals surface area contributed by atoms with Crippen LogP contribution < -0.4 is 15.6 Å². The van der Waals surface area contributed by atoms with Gasteiger partial charge in [-0.05, 0) is 50.1 Å². The molecule has 1 aromatic heterocycles. The fraction of sp³-hybridized carbons (Fsp3) is 0.593. The van der Waals surface area contributed by atoms with Crippen LogP contribution in [-0.4, -0.2) is 60.1 Å². The molecule has 0 radical (unpaired) electrons. The number of benzene rings is 1. The molecule has 3 fully saturated rings. The maximum atomic E-state index is 15.9. The third kappa shape index (κ3) is 6.24. The molecule has 2 aromatic rings. The summed E-state index contributed by atoms with van der Waals surface area (Å²) in [5, 5.41) is 10.5. The van der Waals surface area contributed by atoms with Crippen molar-refractivity contribution in [3.8, 4) is 0 Å². The van der Waals surface area contributed by atoms with Crippen LogP contribution in [0.2, 0.25) is 0 Å². The lowest BCUT2D eigenvalue weighted by molar-refractivity contribution is -0.192. The van der Waals surface area contributed by atoms with Crippen molar-refractivity contribution in [2.24, 2.45) is 11.8 Å². The second-order valence-corrected chi connectivity index (χ2v) is 10.7. The number of carboxylic acids is 1. The molecule has 0 amide bonds. The van der Waals surface area contributed by atoms with Crippen LogP contribution in [0.5, 0.6) is 0 Å². The third-order valence-corrected chi connectivity index (χ3v) is 7.70. The number of anilines is 1. The van der Waals surface area contributed by atoms with E-state index in [-0.39, 0.29) is 46.8 Å². The number of carbonyl (C=O) groups excluding carboxylic acids is 1. The van der Waals surface area contributed by atoms with Gasteiger partial charge in [0, 0.05) is 31.4 Å². The van der Waals surface area contributed by atoms with Crippen LogP contribution in [0, 0.1) is 23.5 Å². The lowest BCUT2D eigenvalue weighted by atomic mass is 9.94. The molecular weight excluding hydrogens is 541 g/mol. The lowest BCUT2D eigenvalue weighted by Crippen LogP contribution is -2.40. The lowest BCUT2D eigenvalue weighted by Gasteiger charge is -2.24. The molecule has 2 aliphatic heterocycles. The number of aliphatic carboxylic acids is 1. The van der Waals surface area contributed by atoms with E-state index in [2.05, 4.69) is 5.32 Å². The number of esters is 1. The Hall–Kier alpha value is -3.22. The number of halogens is 5. The van der Waals surface area contributed by atoms with E-state index in [1.807, 2.05) is 13.8 Å². The Kier molecular flexibility index (Phi) is 8.72. The predicted octanol–water partition coefficient (Wildman–Crippen LogP) is 4.64. The maximum absolute atomic E-state index is 15.9. The van der Waals surface area contributed by atoms with Crippen molar-refractivity contribution < 1.29 is 41.4 Å². The fourth-order valence-electron chi connectivity index (χ4n) is 5.15. The van der Waals surface area contributed by atoms with Crippen molar-refractivity contribution in [1.29, 1.82) is 0 Å². The number of aromatic nitrogens is 1. The summed E-state index contributed by atoms with van der Waals surface area (Å²) in [4.78, 5) is 36.5. The van der Waals surface area contributed by atoms with Crippen molar-refractivity contribution >= 4 is 28.5 Å². The second-order valence-electron chi connectivity index (χ2n) is 10.7. The van der Waals surface area contributed by atoms with Gasteiger partial charge < -0.3 is 24.6 Å². The van der Waals surface area contributed by atoms with Crippen LogP contribution in [0.1, 0.15) is 62.4 Å². The third-order valence-electron chi connectivity index (χ3n) is 7.70. The van der Waals surface area contributed by atoms with E-state index in [1.165, 1.54) is 6.20 Å². The number of nitrogens with zero attached hydrogens (tertiary/aromatic N) is 2. The highest BCUT2D eigenvalue weighted by atomic mass is 19.4. The van der Waals surface area contributed by atoms with Crippen LogP contribution in [0.3, 0.4) is 0 Å². The van der Waals surface area contributed by atoms with E-state index in [0.29, 0.717) is 19.0 Å². The second kappa shape index (κ2) is 11.7. The van der Waals surface area contributed by atoms with Crippen molar-refractivity contribution in [2.45, 2.75) is 64.2 Å². The molecule has 3 heterocycles. The monoisotopic (exact) mass is 573 g/mol. The summed E-state index contributed by atoms with van der Waals surface area (Å²) in [6.07, 6.45) is 0.919. The van der Waals surface area contributed by atoms with Gasteiger partial charge in [-0.1, -0.05) is 20.3 Å². The Bertz CT molecular complexity index is 1330. The minimum Gasteiger partial charge on any atom is -0.475 e. The Morgan fingerprint density at radius 2 is 1.88 bits per heavy atom. The Labute approximate surface area is 227 Å². The van der Waals surface area contributed by atoms with E-state index in [1.54, 1.807) is 9.47 Å². The molecule has 2 unspecified atom stereocenters. The minimum absolute atomic E-state index is 0.00940. The maximum Gasteiger partial charge on any atom is 0.490 e.